The van der Waals surface area contributed by atoms with Gasteiger partial charge in [-0.25, -0.2) is 5.43 Å². The summed E-state index contributed by atoms with van der Waals surface area (Å²) in [5.41, 5.74) is 4.01. The normalized spacial score (nSPS) is 11.8. The van der Waals surface area contributed by atoms with Crippen molar-refractivity contribution in [3.63, 3.8) is 0 Å². The molecule has 0 unspecified atom stereocenters. The third-order valence-electron chi connectivity index (χ3n) is 3.87. The van der Waals surface area contributed by atoms with E-state index >= 15 is 0 Å². The highest BCUT2D eigenvalue weighted by molar-refractivity contribution is 5.79. The van der Waals surface area contributed by atoms with Gasteiger partial charge >= 0.3 is 0 Å². The van der Waals surface area contributed by atoms with Crippen molar-refractivity contribution in [1.82, 2.24) is 14.9 Å². The van der Waals surface area contributed by atoms with Crippen LogP contribution in [0, 0.1) is 20.2 Å². The maximum atomic E-state index is 10.8. The van der Waals surface area contributed by atoms with Crippen molar-refractivity contribution in [3.8, 4) is 0 Å². The number of rotatable bonds is 9. The highest BCUT2D eigenvalue weighted by Crippen LogP contribution is 2.14. The zero-order chi connectivity index (χ0) is 22.8. The van der Waals surface area contributed by atoms with Crippen molar-refractivity contribution in [3.05, 3.63) is 98.4 Å². The molecule has 32 heavy (non-hydrogen) atoms. The molecule has 12 heteroatoms. The van der Waals surface area contributed by atoms with E-state index in [1.54, 1.807) is 48.6 Å². The molecule has 0 atom stereocenters. The second-order valence-corrected chi connectivity index (χ2v) is 6.08. The van der Waals surface area contributed by atoms with Gasteiger partial charge in [0.15, 0.2) is 0 Å². The quantitative estimate of drug-likeness (QED) is 0.307. The summed E-state index contributed by atoms with van der Waals surface area (Å²) in [6.45, 7) is 0. The van der Waals surface area contributed by atoms with Crippen LogP contribution in [0.2, 0.25) is 0 Å². The Kier molecular flexibility index (Phi) is 7.25. The van der Waals surface area contributed by atoms with Gasteiger partial charge in [0.05, 0.1) is 9.85 Å². The van der Waals surface area contributed by atoms with Gasteiger partial charge in [-0.1, -0.05) is 36.4 Å². The Morgan fingerprint density at radius 1 is 0.906 bits per heavy atom. The fraction of sp³-hybridized carbons (Fsp3) is 0. The highest BCUT2D eigenvalue weighted by Gasteiger charge is 2.04. The second-order valence-electron chi connectivity index (χ2n) is 6.08. The summed E-state index contributed by atoms with van der Waals surface area (Å²) in [6.07, 6.45) is 10.9. The molecule has 3 rings (SSSR count). The van der Waals surface area contributed by atoms with Crippen LogP contribution in [0.25, 0.3) is 12.2 Å². The molecule has 0 spiro atoms. The van der Waals surface area contributed by atoms with Crippen LogP contribution in [0.3, 0.4) is 0 Å². The first kappa shape index (κ1) is 21.7. The summed E-state index contributed by atoms with van der Waals surface area (Å²) in [5.74, 6) is 0.255. The minimum atomic E-state index is -0.459. The van der Waals surface area contributed by atoms with Gasteiger partial charge in [0.1, 0.15) is 6.33 Å². The number of allylic oxidation sites excluding steroid dienone is 2. The predicted octanol–water partition coefficient (Wildman–Crippen LogP) is 3.75. The van der Waals surface area contributed by atoms with Crippen molar-refractivity contribution < 1.29 is 9.85 Å². The molecule has 1 heterocycles. The topological polar surface area (TPSA) is 154 Å². The van der Waals surface area contributed by atoms with Crippen molar-refractivity contribution >= 4 is 41.9 Å². The first-order valence-electron chi connectivity index (χ1n) is 9.08. The summed E-state index contributed by atoms with van der Waals surface area (Å²) in [5, 5.41) is 37.3. The Morgan fingerprint density at radius 2 is 1.50 bits per heavy atom. The number of hydrazone groups is 1. The summed E-state index contributed by atoms with van der Waals surface area (Å²) in [7, 11) is 0. The molecule has 3 aromatic rings. The SMILES string of the molecule is O=[N+]([O-])c1cccc(/C=C/C=NNc2nncn2/N=C\C=C\c2cccc([N+](=O)[O-])c2)c1. The average molecular weight is 432 g/mol. The maximum absolute atomic E-state index is 10.8. The Hall–Kier alpha value is -5.00. The molecule has 0 saturated carbocycles. The second kappa shape index (κ2) is 10.7. The number of aromatic nitrogens is 3. The van der Waals surface area contributed by atoms with E-state index in [0.29, 0.717) is 11.1 Å². The van der Waals surface area contributed by atoms with E-state index in [1.165, 1.54) is 47.7 Å². The van der Waals surface area contributed by atoms with E-state index in [9.17, 15) is 20.2 Å². The number of nitrogens with zero attached hydrogens (tertiary/aromatic N) is 7. The Labute approximate surface area is 181 Å². The molecule has 0 aliphatic heterocycles. The lowest BCUT2D eigenvalue weighted by Gasteiger charge is -1.97. The third-order valence-corrected chi connectivity index (χ3v) is 3.87. The number of hydrogen-bond acceptors (Lipinski definition) is 9. The molecule has 1 aromatic heterocycles. The van der Waals surface area contributed by atoms with E-state index < -0.39 is 9.85 Å². The molecular formula is C20H16N8O4. The third kappa shape index (κ3) is 6.25. The van der Waals surface area contributed by atoms with Gasteiger partial charge in [-0.2, -0.15) is 14.9 Å². The molecule has 0 saturated heterocycles. The molecule has 0 bridgehead atoms. The van der Waals surface area contributed by atoms with Gasteiger partial charge in [-0.3, -0.25) is 20.2 Å². The molecule has 2 aromatic carbocycles. The standard InChI is InChI=1S/C20H16N8O4/c29-27(30)18-9-1-5-16(13-18)7-3-11-21-24-20-25-22-15-26(20)23-12-4-8-17-6-2-10-19(14-17)28(31)32/h1-15H,(H,24,25)/b7-3+,8-4+,21-11?,23-12-. The van der Waals surface area contributed by atoms with E-state index in [-0.39, 0.29) is 17.3 Å². The number of nitro groups is 2. The fourth-order valence-electron chi connectivity index (χ4n) is 2.43. The molecule has 0 amide bonds. The Bertz CT molecular complexity index is 1230. The summed E-state index contributed by atoms with van der Waals surface area (Å²) in [6, 6.07) is 12.4. The molecule has 12 nitrogen and oxygen atoms in total. The molecule has 0 aliphatic carbocycles. The Morgan fingerprint density at radius 3 is 2.09 bits per heavy atom. The van der Waals surface area contributed by atoms with Gasteiger partial charge < -0.3 is 0 Å². The van der Waals surface area contributed by atoms with Crippen molar-refractivity contribution in [2.24, 2.45) is 10.2 Å². The molecule has 0 fully saturated rings. The number of nitrogens with one attached hydrogen (secondary N) is 1. The average Bonchev–Trinajstić information content (AvgIpc) is 3.24. The number of anilines is 1. The molecular weight excluding hydrogens is 416 g/mol. The number of hydrogen-bond donors (Lipinski definition) is 1. The number of benzene rings is 2. The minimum Gasteiger partial charge on any atom is -0.258 e. The van der Waals surface area contributed by atoms with Crippen LogP contribution in [0.1, 0.15) is 11.1 Å². The van der Waals surface area contributed by atoms with Crippen molar-refractivity contribution in [2.45, 2.75) is 0 Å². The van der Waals surface area contributed by atoms with Crippen LogP contribution in [0.5, 0.6) is 0 Å². The molecule has 160 valence electrons. The maximum Gasteiger partial charge on any atom is 0.270 e. The van der Waals surface area contributed by atoms with Crippen LogP contribution >= 0.6 is 0 Å². The highest BCUT2D eigenvalue weighted by atomic mass is 16.6. The predicted molar refractivity (Wildman–Crippen MR) is 120 cm³/mol. The molecule has 0 aliphatic rings. The molecule has 1 N–H and O–H groups in total. The first-order chi connectivity index (χ1) is 15.5. The minimum absolute atomic E-state index is 0.00628. The van der Waals surface area contributed by atoms with E-state index in [1.807, 2.05) is 0 Å². The van der Waals surface area contributed by atoms with Gasteiger partial charge in [-0.05, 0) is 23.3 Å². The van der Waals surface area contributed by atoms with Crippen LogP contribution in [-0.2, 0) is 0 Å². The van der Waals surface area contributed by atoms with Crippen LogP contribution in [0.4, 0.5) is 17.3 Å². The summed E-state index contributed by atoms with van der Waals surface area (Å²) in [4.78, 5) is 20.7. The smallest absolute Gasteiger partial charge is 0.258 e. The van der Waals surface area contributed by atoms with Crippen LogP contribution < -0.4 is 5.43 Å². The van der Waals surface area contributed by atoms with Crippen LogP contribution in [-0.4, -0.2) is 37.1 Å². The van der Waals surface area contributed by atoms with Crippen molar-refractivity contribution in [1.29, 1.82) is 0 Å². The first-order valence-corrected chi connectivity index (χ1v) is 9.08. The van der Waals surface area contributed by atoms with E-state index in [2.05, 4.69) is 25.8 Å². The fourth-order valence-corrected chi connectivity index (χ4v) is 2.43. The van der Waals surface area contributed by atoms with Crippen LogP contribution in [0.15, 0.2) is 77.2 Å². The molecule has 0 radical (unpaired) electrons. The van der Waals surface area contributed by atoms with Crippen molar-refractivity contribution in [2.75, 3.05) is 5.43 Å². The van der Waals surface area contributed by atoms with Gasteiger partial charge in [0.25, 0.3) is 17.3 Å². The van der Waals surface area contributed by atoms with Gasteiger partial charge in [0.2, 0.25) is 0 Å². The summed E-state index contributed by atoms with van der Waals surface area (Å²) >= 11 is 0. The van der Waals surface area contributed by atoms with Gasteiger partial charge in [-0.15, -0.1) is 10.2 Å². The van der Waals surface area contributed by atoms with E-state index in [4.69, 9.17) is 0 Å². The van der Waals surface area contributed by atoms with Gasteiger partial charge in [0, 0.05) is 36.7 Å². The zero-order valence-electron chi connectivity index (χ0n) is 16.4. The van der Waals surface area contributed by atoms with E-state index in [0.717, 1.165) is 0 Å². The zero-order valence-corrected chi connectivity index (χ0v) is 16.4. The Balaban J connectivity index is 1.56. The lowest BCUT2D eigenvalue weighted by Crippen LogP contribution is -1.97. The largest absolute Gasteiger partial charge is 0.270 e. The monoisotopic (exact) mass is 432 g/mol. The summed E-state index contributed by atoms with van der Waals surface area (Å²) < 4.78 is 1.35. The lowest BCUT2D eigenvalue weighted by atomic mass is 10.2. The number of nitro benzene ring substituents is 2. The lowest BCUT2D eigenvalue weighted by molar-refractivity contribution is -0.385. The number of non-ortho nitro benzene ring substituents is 2.